The zero-order valence-electron chi connectivity index (χ0n) is 43.0. The van der Waals surface area contributed by atoms with Crippen LogP contribution in [0.15, 0.2) is 92.0 Å². The van der Waals surface area contributed by atoms with Crippen LogP contribution in [-0.4, -0.2) is 115 Å². The molecule has 2 aromatic carbocycles. The van der Waals surface area contributed by atoms with Gasteiger partial charge in [-0.1, -0.05) is 36.1 Å². The summed E-state index contributed by atoms with van der Waals surface area (Å²) in [5.41, 5.74) is 15.3. The number of carbonyl (C=O) groups is 8. The second-order valence-electron chi connectivity index (χ2n) is 15.6. The molecule has 27 heteroatoms. The number of aryl methyl sites for hydroxylation is 2. The summed E-state index contributed by atoms with van der Waals surface area (Å²) >= 11 is 4.03. The number of ether oxygens (including phenoxy) is 2. The van der Waals surface area contributed by atoms with E-state index in [9.17, 15) is 43.5 Å². The quantitative estimate of drug-likeness (QED) is 0.0370. The first-order valence-corrected chi connectivity index (χ1v) is 23.9. The molecule has 74 heavy (non-hydrogen) atoms. The zero-order chi connectivity index (χ0) is 53.3. The van der Waals surface area contributed by atoms with E-state index < -0.39 is 53.6 Å². The first kappa shape index (κ1) is 66.6. The number of amidine groups is 2. The summed E-state index contributed by atoms with van der Waals surface area (Å²) in [4.78, 5) is 112. The summed E-state index contributed by atoms with van der Waals surface area (Å²) in [5.74, 6) is -4.37. The van der Waals surface area contributed by atoms with Crippen LogP contribution in [-0.2, 0) is 62.9 Å². The van der Waals surface area contributed by atoms with Gasteiger partial charge >= 0.3 is 71.1 Å². The maximum atomic E-state index is 12.7. The Kier molecular flexibility index (Phi) is 32.2. The minimum Gasteiger partial charge on any atom is -0.870 e. The molecule has 4 heterocycles. The number of guanidine groups is 2. The van der Waals surface area contributed by atoms with Crippen molar-refractivity contribution >= 4 is 90.7 Å². The van der Waals surface area contributed by atoms with Crippen LogP contribution < -0.4 is 97.0 Å². The number of amides is 4. The average molecular weight is 1080 g/mol. The number of benzene rings is 2. The number of aliphatic carboxylic acids is 1. The Balaban J connectivity index is 0.00000128. The van der Waals surface area contributed by atoms with Gasteiger partial charge in [-0.3, -0.25) is 34.6 Å². The van der Waals surface area contributed by atoms with Gasteiger partial charge in [0.25, 0.3) is 11.8 Å². The van der Waals surface area contributed by atoms with E-state index in [4.69, 9.17) is 27.3 Å². The molecule has 4 atom stereocenters. The summed E-state index contributed by atoms with van der Waals surface area (Å²) in [5, 5.41) is 28.8. The second-order valence-corrected chi connectivity index (χ2v) is 15.6. The van der Waals surface area contributed by atoms with Gasteiger partial charge in [0.2, 0.25) is 23.7 Å². The van der Waals surface area contributed by atoms with Gasteiger partial charge in [-0.15, -0.1) is 0 Å². The number of rotatable bonds is 20. The molecule has 6 rings (SSSR count). The van der Waals surface area contributed by atoms with Crippen molar-refractivity contribution in [3.8, 4) is 0 Å². The fourth-order valence-electron chi connectivity index (χ4n) is 7.09. The van der Waals surface area contributed by atoms with Crippen molar-refractivity contribution in [1.82, 2.24) is 21.3 Å². The molecule has 23 nitrogen and oxygen atoms in total. The van der Waals surface area contributed by atoms with E-state index >= 15 is 0 Å². The molecule has 4 aliphatic heterocycles. The second kappa shape index (κ2) is 35.7. The molecule has 0 aliphatic carbocycles. The topological polar surface area (TPSA) is 378 Å². The average Bonchev–Trinajstić information content (AvgIpc) is 3.95. The predicted octanol–water partition coefficient (Wildman–Crippen LogP) is -5.41. The van der Waals surface area contributed by atoms with Gasteiger partial charge in [0.1, 0.15) is 36.6 Å². The number of carboxylic acids is 1. The Hall–Kier alpha value is -5.40. The number of nitrogens with zero attached hydrogens (tertiary/aromatic N) is 4. The summed E-state index contributed by atoms with van der Waals surface area (Å²) in [6.45, 7) is 7.04. The van der Waals surface area contributed by atoms with E-state index in [0.717, 1.165) is 22.3 Å². The molecule has 0 spiro atoms. The molecule has 0 bridgehead atoms. The van der Waals surface area contributed by atoms with Gasteiger partial charge in [-0.2, -0.15) is 9.98 Å². The monoisotopic (exact) mass is 1080 g/mol. The van der Waals surface area contributed by atoms with Crippen molar-refractivity contribution in [1.29, 1.82) is 1.28 Å². The number of nitrogens with one attached hydrogen (secondary N) is 4. The molecule has 0 aromatic heterocycles. The molecule has 0 fully saturated rings. The molecule has 4 amide bonds. The van der Waals surface area contributed by atoms with Gasteiger partial charge in [0, 0.05) is 43.0 Å². The number of ketones is 1. The molecule has 0 saturated heterocycles. The summed E-state index contributed by atoms with van der Waals surface area (Å²) in [7, 11) is 0.250. The zero-order valence-corrected chi connectivity index (χ0v) is 47.8. The van der Waals surface area contributed by atoms with E-state index in [-0.39, 0.29) is 148 Å². The SMILES string of the molecule is CC(=O)CC[C@H](NC(=O)c1ccc(CCC2=CN=C3N=C(N)NC(=O)C23)cc1)C(=O)[O-].CCO.CCOC(=O)CC[C@H](NC(=O)c1ccc(CCC2=CN=C3N=C(N)NC(=O)C23)cc1)C(=O)OCC.[3H]P=S.[Na+].[Na+].[OH-]. The molecule has 0 saturated carbocycles. The van der Waals surface area contributed by atoms with Crippen LogP contribution >= 0.6 is 7.96 Å². The number of carboxylic acid groups (broad SMARTS) is 1. The third-order valence-electron chi connectivity index (χ3n) is 10.5. The number of hydrogen-bond donors (Lipinski definition) is 7. The minimum atomic E-state index is -1.43. The number of aliphatic hydroxyl groups excluding tert-OH is 1. The van der Waals surface area contributed by atoms with Crippen LogP contribution in [0.3, 0.4) is 0 Å². The third kappa shape index (κ3) is 21.8. The third-order valence-corrected chi connectivity index (χ3v) is 10.5. The molecule has 10 N–H and O–H groups in total. The van der Waals surface area contributed by atoms with E-state index in [1.165, 1.54) is 6.92 Å². The van der Waals surface area contributed by atoms with E-state index in [2.05, 4.69) is 53.0 Å². The van der Waals surface area contributed by atoms with Crippen molar-refractivity contribution in [3.63, 3.8) is 0 Å². The molecule has 388 valence electrons. The van der Waals surface area contributed by atoms with Crippen molar-refractivity contribution in [2.75, 3.05) is 19.8 Å². The molecular weight excluding hydrogens is 1020 g/mol. The van der Waals surface area contributed by atoms with E-state index in [1.807, 2.05) is 0 Å². The van der Waals surface area contributed by atoms with Crippen molar-refractivity contribution in [2.45, 2.75) is 91.1 Å². The van der Waals surface area contributed by atoms with Crippen LogP contribution in [0.4, 0.5) is 0 Å². The maximum absolute atomic E-state index is 12.7. The van der Waals surface area contributed by atoms with Gasteiger partial charge in [0.15, 0.2) is 0 Å². The van der Waals surface area contributed by atoms with Crippen LogP contribution in [0.25, 0.3) is 0 Å². The Labute approximate surface area is 480 Å². The van der Waals surface area contributed by atoms with Crippen LogP contribution in [0.1, 0.15) is 98.1 Å². The number of aliphatic imine (C=N–C) groups is 4. The molecule has 0 radical (unpaired) electrons. The molecular formula is C47H59N10Na2O13PS. The number of esters is 2. The van der Waals surface area contributed by atoms with Crippen LogP contribution in [0, 0.1) is 11.8 Å². The normalized spacial score (nSPS) is 16.3. The number of aliphatic hydroxyl groups is 1. The largest absolute Gasteiger partial charge is 1.00 e. The Morgan fingerprint density at radius 1 is 0.743 bits per heavy atom. The Bertz CT molecular complexity index is 2530. The molecule has 2 unspecified atom stereocenters. The van der Waals surface area contributed by atoms with E-state index in [1.54, 1.807) is 81.7 Å². The Morgan fingerprint density at radius 3 is 1.51 bits per heavy atom. The Morgan fingerprint density at radius 2 is 1.14 bits per heavy atom. The minimum absolute atomic E-state index is 0. The van der Waals surface area contributed by atoms with E-state index in [0.29, 0.717) is 48.5 Å². The summed E-state index contributed by atoms with van der Waals surface area (Å²) in [6.07, 6.45) is 5.75. The fraction of sp³-hybridized carbons (Fsp3) is 0.404. The smallest absolute Gasteiger partial charge is 0.870 e. The van der Waals surface area contributed by atoms with Crippen molar-refractivity contribution in [2.24, 2.45) is 43.3 Å². The molecule has 4 aliphatic rings. The summed E-state index contributed by atoms with van der Waals surface area (Å²) in [6, 6.07) is 11.4. The number of fused-ring (bicyclic) bond motifs is 2. The number of carbonyl (C=O) groups excluding carboxylic acids is 8. The fourth-order valence-corrected chi connectivity index (χ4v) is 7.09. The standard InChI is InChI=1S/C24H29N5O6.C21H23N5O5.C2H6O.2Na.H2O.HPS/c1-3-34-18(30)12-11-17(23(33)35-4-2)27-21(31)15-8-5-14(6-9-15)7-10-16-13-26-20-19(16)22(32)29-24(25)28-20;1-11(27)2-9-15(20(30)31)24-18(28)13-6-3-12(4-7-13)5-8-14-10-23-17-16(14)19(29)26-21(22)25-17;1-2-3;;;;1-2/h5-6,8-9,13,17,19H,3-4,7,10-12H2,1-2H3,(H,27,31)(H3,25,26,28,29,32);3-4,6-7,10,15-16H,2,5,8-9H2,1H3,(H,24,28)(H,30,31)(H3,22,23,25,26,29);3H,2H2,1H3;;;1H2;1H/q;;;2*+1;;/p-2/t17-,19?;15-,16?;;;;;/m00...../s1/i;;;;;;1T. The first-order valence-electron chi connectivity index (χ1n) is 22.9. The van der Waals surface area contributed by atoms with Gasteiger partial charge < -0.3 is 56.9 Å². The maximum Gasteiger partial charge on any atom is 1.00 e. The first-order chi connectivity index (χ1) is 34.4. The number of nitrogens with two attached hydrogens (primary N) is 2. The van der Waals surface area contributed by atoms with Gasteiger partial charge in [0.05, 0.1) is 25.2 Å². The number of hydrogen-bond acceptors (Lipinski definition) is 20. The van der Waals surface area contributed by atoms with Gasteiger partial charge in [-0.05, 0) is 121 Å². The molecule has 2 aromatic rings. The van der Waals surface area contributed by atoms with Crippen LogP contribution in [0.5, 0.6) is 0 Å². The predicted molar refractivity (Wildman–Crippen MR) is 267 cm³/mol. The van der Waals surface area contributed by atoms with Crippen molar-refractivity contribution in [3.05, 3.63) is 94.3 Å². The van der Waals surface area contributed by atoms with Crippen molar-refractivity contribution < 1.29 is 123 Å². The van der Waals surface area contributed by atoms with Crippen LogP contribution in [0.2, 0.25) is 0 Å². The summed E-state index contributed by atoms with van der Waals surface area (Å²) < 4.78 is 15.9. The number of Topliss-reactive ketones (excluding diaryl/α,β-unsaturated/α-hetero) is 1. The van der Waals surface area contributed by atoms with Gasteiger partial charge in [-0.25, -0.2) is 14.8 Å².